The lowest BCUT2D eigenvalue weighted by Gasteiger charge is -2.20. The first-order valence-corrected chi connectivity index (χ1v) is 8.69. The van der Waals surface area contributed by atoms with Crippen LogP contribution in [0.5, 0.6) is 0 Å². The molecule has 5 heteroatoms. The van der Waals surface area contributed by atoms with Crippen molar-refractivity contribution in [3.8, 4) is 5.69 Å². The van der Waals surface area contributed by atoms with Crippen LogP contribution in [0.25, 0.3) is 5.69 Å². The second-order valence-corrected chi connectivity index (χ2v) is 6.24. The molecule has 0 fully saturated rings. The number of benzene rings is 1. The van der Waals surface area contributed by atoms with Crippen molar-refractivity contribution in [2.24, 2.45) is 0 Å². The van der Waals surface area contributed by atoms with Gasteiger partial charge in [0.05, 0.1) is 17.9 Å². The minimum atomic E-state index is 0.00478. The zero-order valence-corrected chi connectivity index (χ0v) is 15.2. The first-order chi connectivity index (χ1) is 11.5. The van der Waals surface area contributed by atoms with Crippen molar-refractivity contribution >= 4 is 11.7 Å². The molecule has 1 heterocycles. The number of nitrogens with zero attached hydrogens (tertiary/aromatic N) is 3. The summed E-state index contributed by atoms with van der Waals surface area (Å²) in [5.74, 6) is 0.722. The van der Waals surface area contributed by atoms with Crippen LogP contribution < -0.4 is 5.32 Å². The number of aromatic nitrogens is 2. The molecule has 0 aliphatic heterocycles. The Morgan fingerprint density at radius 2 is 1.75 bits per heavy atom. The van der Waals surface area contributed by atoms with Crippen LogP contribution in [0, 0.1) is 13.8 Å². The van der Waals surface area contributed by atoms with E-state index in [1.54, 1.807) is 4.68 Å². The van der Waals surface area contributed by atoms with E-state index in [9.17, 15) is 4.79 Å². The van der Waals surface area contributed by atoms with E-state index < -0.39 is 0 Å². The van der Waals surface area contributed by atoms with Gasteiger partial charge in [0, 0.05) is 6.07 Å². The van der Waals surface area contributed by atoms with E-state index in [4.69, 9.17) is 0 Å². The quantitative estimate of drug-likeness (QED) is 0.806. The number of carbonyl (C=O) groups excluding carboxylic acids is 1. The molecule has 0 saturated heterocycles. The van der Waals surface area contributed by atoms with Gasteiger partial charge in [0.1, 0.15) is 5.82 Å². The Hall–Kier alpha value is -2.14. The maximum absolute atomic E-state index is 12.4. The summed E-state index contributed by atoms with van der Waals surface area (Å²) in [6, 6.07) is 10.0. The lowest BCUT2D eigenvalue weighted by Crippen LogP contribution is -2.34. The van der Waals surface area contributed by atoms with Crippen molar-refractivity contribution < 1.29 is 4.79 Å². The van der Waals surface area contributed by atoms with E-state index in [1.807, 2.05) is 37.3 Å². The van der Waals surface area contributed by atoms with E-state index in [0.29, 0.717) is 12.4 Å². The van der Waals surface area contributed by atoms with Gasteiger partial charge in [-0.1, -0.05) is 31.5 Å². The first kappa shape index (κ1) is 18.2. The van der Waals surface area contributed by atoms with Crippen molar-refractivity contribution in [3.63, 3.8) is 0 Å². The molecule has 1 N–H and O–H groups in total. The van der Waals surface area contributed by atoms with E-state index in [1.165, 1.54) is 5.56 Å². The molecule has 130 valence electrons. The highest BCUT2D eigenvalue weighted by Crippen LogP contribution is 2.17. The molecule has 1 aromatic carbocycles. The molecule has 0 atom stereocenters. The van der Waals surface area contributed by atoms with Crippen LogP contribution in [0.15, 0.2) is 30.3 Å². The molecule has 1 amide bonds. The smallest absolute Gasteiger partial charge is 0.239 e. The molecule has 2 aromatic rings. The molecule has 5 nitrogen and oxygen atoms in total. The lowest BCUT2D eigenvalue weighted by molar-refractivity contribution is -0.117. The minimum absolute atomic E-state index is 0.00478. The predicted molar refractivity (Wildman–Crippen MR) is 98.7 cm³/mol. The van der Waals surface area contributed by atoms with Crippen molar-refractivity contribution in [1.82, 2.24) is 14.7 Å². The van der Waals surface area contributed by atoms with Gasteiger partial charge in [-0.05, 0) is 51.9 Å². The fourth-order valence-electron chi connectivity index (χ4n) is 2.76. The van der Waals surface area contributed by atoms with E-state index in [2.05, 4.69) is 36.1 Å². The van der Waals surface area contributed by atoms with Gasteiger partial charge >= 0.3 is 0 Å². The van der Waals surface area contributed by atoms with Crippen LogP contribution in [0.2, 0.25) is 0 Å². The standard InChI is InChI=1S/C19H28N4O/c1-5-11-22(12-6-2)14-19(24)20-18-13-16(4)21-23(18)17-9-7-15(3)8-10-17/h7-10,13H,5-6,11-12,14H2,1-4H3,(H,20,24). The number of nitrogens with one attached hydrogen (secondary N) is 1. The number of rotatable bonds is 8. The van der Waals surface area contributed by atoms with Gasteiger partial charge in [-0.15, -0.1) is 0 Å². The van der Waals surface area contributed by atoms with Gasteiger partial charge in [-0.25, -0.2) is 4.68 Å². The fourth-order valence-corrected chi connectivity index (χ4v) is 2.76. The largest absolute Gasteiger partial charge is 0.309 e. The number of amides is 1. The van der Waals surface area contributed by atoms with Gasteiger partial charge in [-0.2, -0.15) is 5.10 Å². The molecule has 24 heavy (non-hydrogen) atoms. The summed E-state index contributed by atoms with van der Waals surface area (Å²) in [6.45, 7) is 10.6. The minimum Gasteiger partial charge on any atom is -0.309 e. The second kappa shape index (κ2) is 8.64. The van der Waals surface area contributed by atoms with E-state index in [-0.39, 0.29) is 5.91 Å². The molecule has 0 bridgehead atoms. The van der Waals surface area contributed by atoms with E-state index in [0.717, 1.165) is 37.3 Å². The molecule has 0 aliphatic carbocycles. The van der Waals surface area contributed by atoms with Crippen molar-refractivity contribution in [2.75, 3.05) is 25.0 Å². The Labute approximate surface area is 144 Å². The summed E-state index contributed by atoms with van der Waals surface area (Å²) in [5, 5.41) is 7.52. The molecule has 1 aromatic heterocycles. The van der Waals surface area contributed by atoms with Gasteiger partial charge in [0.2, 0.25) is 5.91 Å². The van der Waals surface area contributed by atoms with Gasteiger partial charge in [0.15, 0.2) is 0 Å². The molecule has 0 saturated carbocycles. The monoisotopic (exact) mass is 328 g/mol. The molecule has 0 radical (unpaired) electrons. The van der Waals surface area contributed by atoms with Gasteiger partial charge in [-0.3, -0.25) is 9.69 Å². The maximum Gasteiger partial charge on any atom is 0.239 e. The van der Waals surface area contributed by atoms with Crippen LogP contribution in [0.3, 0.4) is 0 Å². The normalized spacial score (nSPS) is 11.0. The third-order valence-electron chi connectivity index (χ3n) is 3.82. The summed E-state index contributed by atoms with van der Waals surface area (Å²) in [5.41, 5.74) is 3.02. The number of carbonyl (C=O) groups is 1. The number of aryl methyl sites for hydroxylation is 2. The summed E-state index contributed by atoms with van der Waals surface area (Å²) < 4.78 is 1.79. The van der Waals surface area contributed by atoms with Crippen LogP contribution in [-0.2, 0) is 4.79 Å². The summed E-state index contributed by atoms with van der Waals surface area (Å²) in [7, 11) is 0. The second-order valence-electron chi connectivity index (χ2n) is 6.24. The van der Waals surface area contributed by atoms with Crippen molar-refractivity contribution in [1.29, 1.82) is 0 Å². The Kier molecular flexibility index (Phi) is 6.55. The third kappa shape index (κ3) is 4.93. The Morgan fingerprint density at radius 3 is 2.33 bits per heavy atom. The zero-order chi connectivity index (χ0) is 17.5. The molecule has 2 rings (SSSR count). The molecular weight excluding hydrogens is 300 g/mol. The molecule has 0 aliphatic rings. The zero-order valence-electron chi connectivity index (χ0n) is 15.2. The number of hydrogen-bond acceptors (Lipinski definition) is 3. The van der Waals surface area contributed by atoms with E-state index >= 15 is 0 Å². The molecule has 0 unspecified atom stereocenters. The number of anilines is 1. The first-order valence-electron chi connectivity index (χ1n) is 8.69. The highest BCUT2D eigenvalue weighted by atomic mass is 16.2. The SMILES string of the molecule is CCCN(CCC)CC(=O)Nc1cc(C)nn1-c1ccc(C)cc1. The fraction of sp³-hybridized carbons (Fsp3) is 0.474. The van der Waals surface area contributed by atoms with Crippen molar-refractivity contribution in [2.45, 2.75) is 40.5 Å². The highest BCUT2D eigenvalue weighted by molar-refractivity contribution is 5.91. The lowest BCUT2D eigenvalue weighted by atomic mass is 10.2. The summed E-state index contributed by atoms with van der Waals surface area (Å²) >= 11 is 0. The third-order valence-corrected chi connectivity index (χ3v) is 3.82. The van der Waals surface area contributed by atoms with Crippen molar-refractivity contribution in [3.05, 3.63) is 41.6 Å². The highest BCUT2D eigenvalue weighted by Gasteiger charge is 2.13. The maximum atomic E-state index is 12.4. The van der Waals surface area contributed by atoms with Crippen LogP contribution in [-0.4, -0.2) is 40.2 Å². The Morgan fingerprint density at radius 1 is 1.12 bits per heavy atom. The predicted octanol–water partition coefficient (Wildman–Crippen LogP) is 3.55. The Bertz CT molecular complexity index is 655. The number of hydrogen-bond donors (Lipinski definition) is 1. The topological polar surface area (TPSA) is 50.2 Å². The molecular formula is C19H28N4O. The van der Waals surface area contributed by atoms with Crippen LogP contribution >= 0.6 is 0 Å². The average molecular weight is 328 g/mol. The van der Waals surface area contributed by atoms with Gasteiger partial charge < -0.3 is 5.32 Å². The molecule has 0 spiro atoms. The summed E-state index contributed by atoms with van der Waals surface area (Å²) in [4.78, 5) is 14.6. The summed E-state index contributed by atoms with van der Waals surface area (Å²) in [6.07, 6.45) is 2.10. The average Bonchev–Trinajstić information content (AvgIpc) is 2.89. The Balaban J connectivity index is 2.12. The van der Waals surface area contributed by atoms with Crippen LogP contribution in [0.1, 0.15) is 37.9 Å². The van der Waals surface area contributed by atoms with Crippen LogP contribution in [0.4, 0.5) is 5.82 Å². The van der Waals surface area contributed by atoms with Gasteiger partial charge in [0.25, 0.3) is 0 Å².